The molecular formula is C13H20F2N2O2. The van der Waals surface area contributed by atoms with E-state index < -0.39 is 18.5 Å². The molecule has 1 amide bonds. The zero-order chi connectivity index (χ0) is 14.4. The van der Waals surface area contributed by atoms with Crippen LogP contribution in [0.15, 0.2) is 0 Å². The Hall–Kier alpha value is -1.04. The van der Waals surface area contributed by atoms with Crippen molar-refractivity contribution in [2.75, 3.05) is 19.6 Å². The first-order valence-electron chi connectivity index (χ1n) is 6.55. The highest BCUT2D eigenvalue weighted by atomic mass is 19.3. The van der Waals surface area contributed by atoms with E-state index in [4.69, 9.17) is 0 Å². The zero-order valence-corrected chi connectivity index (χ0v) is 11.6. The molecule has 1 atom stereocenters. The lowest BCUT2D eigenvalue weighted by molar-refractivity contribution is -0.138. The third-order valence-corrected chi connectivity index (χ3v) is 3.77. The highest BCUT2D eigenvalue weighted by Gasteiger charge is 2.47. The fraction of sp³-hybridized carbons (Fsp3) is 0.846. The van der Waals surface area contributed by atoms with Crippen LogP contribution in [0.1, 0.15) is 33.6 Å². The topological polar surface area (TPSA) is 40.6 Å². The van der Waals surface area contributed by atoms with Gasteiger partial charge in [-0.15, -0.1) is 0 Å². The predicted molar refractivity (Wildman–Crippen MR) is 66.0 cm³/mol. The van der Waals surface area contributed by atoms with Gasteiger partial charge in [0, 0.05) is 24.9 Å². The van der Waals surface area contributed by atoms with Crippen molar-refractivity contribution < 1.29 is 18.4 Å². The second kappa shape index (κ2) is 4.51. The second-order valence-electron chi connectivity index (χ2n) is 6.42. The number of nitrogens with zero attached hydrogens (tertiary/aromatic N) is 2. The second-order valence-corrected chi connectivity index (χ2v) is 6.42. The molecule has 0 aromatic carbocycles. The molecule has 0 N–H and O–H groups in total. The summed E-state index contributed by atoms with van der Waals surface area (Å²) in [6.45, 7) is 5.55. The molecule has 108 valence electrons. The third kappa shape index (κ3) is 2.94. The van der Waals surface area contributed by atoms with Crippen LogP contribution in [-0.2, 0) is 9.59 Å². The van der Waals surface area contributed by atoms with Gasteiger partial charge in [-0.05, 0) is 20.8 Å². The summed E-state index contributed by atoms with van der Waals surface area (Å²) in [6, 6.07) is -0.582. The Morgan fingerprint density at radius 3 is 2.47 bits per heavy atom. The molecule has 2 aliphatic heterocycles. The molecule has 6 heteroatoms. The third-order valence-electron chi connectivity index (χ3n) is 3.77. The van der Waals surface area contributed by atoms with Crippen LogP contribution >= 0.6 is 0 Å². The average molecular weight is 274 g/mol. The minimum Gasteiger partial charge on any atom is -0.335 e. The van der Waals surface area contributed by atoms with Crippen LogP contribution in [0, 0.1) is 0 Å². The van der Waals surface area contributed by atoms with Gasteiger partial charge < -0.3 is 4.90 Å². The zero-order valence-electron chi connectivity index (χ0n) is 11.6. The molecule has 2 aliphatic rings. The van der Waals surface area contributed by atoms with E-state index in [-0.39, 0.29) is 43.2 Å². The summed E-state index contributed by atoms with van der Waals surface area (Å²) in [4.78, 5) is 26.9. The molecule has 2 fully saturated rings. The minimum absolute atomic E-state index is 0.000711. The molecular weight excluding hydrogens is 254 g/mol. The van der Waals surface area contributed by atoms with Gasteiger partial charge in [0.05, 0.1) is 19.1 Å². The van der Waals surface area contributed by atoms with E-state index in [1.807, 2.05) is 25.7 Å². The van der Waals surface area contributed by atoms with Crippen molar-refractivity contribution in [1.82, 2.24) is 9.80 Å². The first-order valence-corrected chi connectivity index (χ1v) is 6.55. The number of amides is 1. The monoisotopic (exact) mass is 274 g/mol. The number of carbonyl (C=O) groups excluding carboxylic acids is 2. The lowest BCUT2D eigenvalue weighted by Gasteiger charge is -2.36. The van der Waals surface area contributed by atoms with Crippen LogP contribution in [-0.4, -0.2) is 58.6 Å². The van der Waals surface area contributed by atoms with Crippen molar-refractivity contribution in [1.29, 1.82) is 0 Å². The number of likely N-dealkylation sites (tertiary alicyclic amines) is 2. The molecule has 2 rings (SSSR count). The SMILES string of the molecule is CC(C)(C)N1CC(=O)C[C@H]1C(=O)N1CCC(F)(F)C1. The van der Waals surface area contributed by atoms with Gasteiger partial charge in [-0.2, -0.15) is 0 Å². The quantitative estimate of drug-likeness (QED) is 0.723. The number of Topliss-reactive ketones (excluding diaryl/α,β-unsaturated/α-hetero) is 1. The van der Waals surface area contributed by atoms with Gasteiger partial charge in [0.15, 0.2) is 0 Å². The Morgan fingerprint density at radius 1 is 1.37 bits per heavy atom. The molecule has 0 aromatic heterocycles. The first kappa shape index (κ1) is 14.4. The summed E-state index contributed by atoms with van der Waals surface area (Å²) in [5.41, 5.74) is -0.325. The van der Waals surface area contributed by atoms with E-state index in [0.29, 0.717) is 0 Å². The van der Waals surface area contributed by atoms with Gasteiger partial charge in [-0.3, -0.25) is 14.5 Å². The summed E-state index contributed by atoms with van der Waals surface area (Å²) in [5.74, 6) is -3.12. The van der Waals surface area contributed by atoms with Crippen molar-refractivity contribution in [3.63, 3.8) is 0 Å². The van der Waals surface area contributed by atoms with Crippen molar-refractivity contribution in [3.05, 3.63) is 0 Å². The maximum absolute atomic E-state index is 13.2. The van der Waals surface area contributed by atoms with Gasteiger partial charge in [-0.1, -0.05) is 0 Å². The number of alkyl halides is 2. The molecule has 0 aliphatic carbocycles. The molecule has 0 radical (unpaired) electrons. The summed E-state index contributed by atoms with van der Waals surface area (Å²) >= 11 is 0. The number of ketones is 1. The van der Waals surface area contributed by atoms with Crippen LogP contribution in [0.2, 0.25) is 0 Å². The Balaban J connectivity index is 2.12. The Labute approximate surface area is 111 Å². The molecule has 19 heavy (non-hydrogen) atoms. The molecule has 4 nitrogen and oxygen atoms in total. The normalized spacial score (nSPS) is 28.2. The molecule has 2 saturated heterocycles. The summed E-state index contributed by atoms with van der Waals surface area (Å²) in [5, 5.41) is 0. The number of hydrogen-bond acceptors (Lipinski definition) is 3. The van der Waals surface area contributed by atoms with Crippen LogP contribution in [0.25, 0.3) is 0 Å². The van der Waals surface area contributed by atoms with E-state index in [1.54, 1.807) is 0 Å². The van der Waals surface area contributed by atoms with Crippen LogP contribution in [0.3, 0.4) is 0 Å². The standard InChI is InChI=1S/C13H20F2N2O2/c1-12(2,3)17-7-9(18)6-10(17)11(19)16-5-4-13(14,15)8-16/h10H,4-8H2,1-3H3/t10-/m0/s1. The summed E-state index contributed by atoms with van der Waals surface area (Å²) < 4.78 is 26.4. The molecule has 0 bridgehead atoms. The molecule has 0 unspecified atom stereocenters. The van der Waals surface area contributed by atoms with E-state index in [9.17, 15) is 18.4 Å². The lowest BCUT2D eigenvalue weighted by atomic mass is 10.0. The maximum Gasteiger partial charge on any atom is 0.267 e. The van der Waals surface area contributed by atoms with Gasteiger partial charge in [0.1, 0.15) is 5.78 Å². The number of hydrogen-bond donors (Lipinski definition) is 0. The fourth-order valence-electron chi connectivity index (χ4n) is 2.75. The highest BCUT2D eigenvalue weighted by Crippen LogP contribution is 2.31. The van der Waals surface area contributed by atoms with Crippen LogP contribution in [0.5, 0.6) is 0 Å². The molecule has 0 aromatic rings. The molecule has 2 heterocycles. The van der Waals surface area contributed by atoms with Gasteiger partial charge in [0.25, 0.3) is 5.92 Å². The van der Waals surface area contributed by atoms with Crippen molar-refractivity contribution in [3.8, 4) is 0 Å². The molecule has 0 saturated carbocycles. The predicted octanol–water partition coefficient (Wildman–Crippen LogP) is 1.30. The van der Waals surface area contributed by atoms with Gasteiger partial charge in [0.2, 0.25) is 5.91 Å². The van der Waals surface area contributed by atoms with E-state index >= 15 is 0 Å². The smallest absolute Gasteiger partial charge is 0.267 e. The Morgan fingerprint density at radius 2 is 2.00 bits per heavy atom. The number of halogens is 2. The molecule has 0 spiro atoms. The highest BCUT2D eigenvalue weighted by molar-refractivity contribution is 5.93. The van der Waals surface area contributed by atoms with Crippen LogP contribution in [0.4, 0.5) is 8.78 Å². The maximum atomic E-state index is 13.2. The Kier molecular flexibility index (Phi) is 3.41. The first-order chi connectivity index (χ1) is 8.60. The number of carbonyl (C=O) groups is 2. The fourth-order valence-corrected chi connectivity index (χ4v) is 2.75. The van der Waals surface area contributed by atoms with E-state index in [0.717, 1.165) is 0 Å². The van der Waals surface area contributed by atoms with Gasteiger partial charge >= 0.3 is 0 Å². The van der Waals surface area contributed by atoms with Crippen molar-refractivity contribution in [2.24, 2.45) is 0 Å². The van der Waals surface area contributed by atoms with Crippen LogP contribution < -0.4 is 0 Å². The summed E-state index contributed by atoms with van der Waals surface area (Å²) in [6.07, 6.45) is -0.146. The van der Waals surface area contributed by atoms with E-state index in [2.05, 4.69) is 0 Å². The number of rotatable bonds is 1. The summed E-state index contributed by atoms with van der Waals surface area (Å²) in [7, 11) is 0. The largest absolute Gasteiger partial charge is 0.335 e. The van der Waals surface area contributed by atoms with Gasteiger partial charge in [-0.25, -0.2) is 8.78 Å². The lowest BCUT2D eigenvalue weighted by Crippen LogP contribution is -2.52. The average Bonchev–Trinajstić information content (AvgIpc) is 2.80. The van der Waals surface area contributed by atoms with Crippen molar-refractivity contribution in [2.45, 2.75) is 51.1 Å². The van der Waals surface area contributed by atoms with E-state index in [1.165, 1.54) is 4.90 Å². The minimum atomic E-state index is -2.79. The Bertz CT molecular complexity index is 404. The van der Waals surface area contributed by atoms with Crippen molar-refractivity contribution >= 4 is 11.7 Å².